The van der Waals surface area contributed by atoms with E-state index in [2.05, 4.69) is 35.2 Å². The number of fused-ring (bicyclic) bond motifs is 1. The Labute approximate surface area is 150 Å². The topological polar surface area (TPSA) is 3.24 Å². The van der Waals surface area contributed by atoms with Gasteiger partial charge in [0.1, 0.15) is 0 Å². The van der Waals surface area contributed by atoms with Crippen molar-refractivity contribution in [2.75, 3.05) is 18.0 Å². The fourth-order valence-electron chi connectivity index (χ4n) is 3.43. The zero-order valence-electron chi connectivity index (χ0n) is 14.1. The number of alkyl halides is 3. The molecule has 0 bridgehead atoms. The van der Waals surface area contributed by atoms with Gasteiger partial charge in [0.2, 0.25) is 0 Å². The highest BCUT2D eigenvalue weighted by Crippen LogP contribution is 2.33. The third kappa shape index (κ3) is 3.32. The standard InChI is InChI=1S/C22H18F3N/c23-22(24,25)20-7-3-6-18(14-20)17-10-12-26(13-11-17)21-9-8-16-4-1-2-5-19(16)15-21/h1-10,14-15H,11-13H2. The van der Waals surface area contributed by atoms with Crippen molar-refractivity contribution in [2.24, 2.45) is 0 Å². The van der Waals surface area contributed by atoms with Crippen LogP contribution in [0.25, 0.3) is 16.3 Å². The minimum atomic E-state index is -4.30. The van der Waals surface area contributed by atoms with Gasteiger partial charge >= 0.3 is 6.18 Å². The molecule has 1 heterocycles. The van der Waals surface area contributed by atoms with E-state index >= 15 is 0 Å². The van der Waals surface area contributed by atoms with Crippen LogP contribution in [-0.2, 0) is 6.18 Å². The molecule has 0 amide bonds. The zero-order chi connectivity index (χ0) is 18.1. The molecule has 1 aliphatic heterocycles. The molecule has 4 rings (SSSR count). The van der Waals surface area contributed by atoms with E-state index in [-0.39, 0.29) is 0 Å². The molecule has 132 valence electrons. The number of halogens is 3. The Hall–Kier alpha value is -2.75. The summed E-state index contributed by atoms with van der Waals surface area (Å²) in [6, 6.07) is 20.2. The molecule has 1 nitrogen and oxygen atoms in total. The van der Waals surface area contributed by atoms with Crippen LogP contribution in [0, 0.1) is 0 Å². The smallest absolute Gasteiger partial charge is 0.367 e. The Morgan fingerprint density at radius 3 is 2.35 bits per heavy atom. The summed E-state index contributed by atoms with van der Waals surface area (Å²) in [4.78, 5) is 2.25. The van der Waals surface area contributed by atoms with Crippen molar-refractivity contribution < 1.29 is 13.2 Å². The predicted octanol–water partition coefficient (Wildman–Crippen LogP) is 6.15. The Bertz CT molecular complexity index is 972. The molecule has 0 radical (unpaired) electrons. The third-order valence-corrected chi connectivity index (χ3v) is 4.87. The maximum atomic E-state index is 12.9. The summed E-state index contributed by atoms with van der Waals surface area (Å²) < 4.78 is 38.8. The van der Waals surface area contributed by atoms with Crippen LogP contribution in [0.4, 0.5) is 18.9 Å². The number of hydrogen-bond acceptors (Lipinski definition) is 1. The summed E-state index contributed by atoms with van der Waals surface area (Å²) in [5.41, 5.74) is 2.20. The van der Waals surface area contributed by atoms with Crippen molar-refractivity contribution in [3.05, 3.63) is 83.9 Å². The molecule has 26 heavy (non-hydrogen) atoms. The molecule has 0 unspecified atom stereocenters. The summed E-state index contributed by atoms with van der Waals surface area (Å²) >= 11 is 0. The Morgan fingerprint density at radius 2 is 1.62 bits per heavy atom. The maximum Gasteiger partial charge on any atom is 0.416 e. The number of anilines is 1. The highest BCUT2D eigenvalue weighted by molar-refractivity contribution is 5.86. The first-order valence-electron chi connectivity index (χ1n) is 8.61. The van der Waals surface area contributed by atoms with Crippen molar-refractivity contribution in [1.29, 1.82) is 0 Å². The van der Waals surface area contributed by atoms with E-state index < -0.39 is 11.7 Å². The lowest BCUT2D eigenvalue weighted by molar-refractivity contribution is -0.137. The van der Waals surface area contributed by atoms with Gasteiger partial charge in [-0.1, -0.05) is 48.5 Å². The van der Waals surface area contributed by atoms with E-state index in [1.165, 1.54) is 22.9 Å². The molecular formula is C22H18F3N. The quantitative estimate of drug-likeness (QED) is 0.534. The lowest BCUT2D eigenvalue weighted by Crippen LogP contribution is -2.28. The average Bonchev–Trinajstić information content (AvgIpc) is 2.67. The van der Waals surface area contributed by atoms with Gasteiger partial charge in [0, 0.05) is 18.8 Å². The third-order valence-electron chi connectivity index (χ3n) is 4.87. The molecule has 0 atom stereocenters. The van der Waals surface area contributed by atoms with E-state index in [9.17, 15) is 13.2 Å². The average molecular weight is 353 g/mol. The first-order chi connectivity index (χ1) is 12.5. The summed E-state index contributed by atoms with van der Waals surface area (Å²) in [6.07, 6.45) is -1.54. The monoisotopic (exact) mass is 353 g/mol. The van der Waals surface area contributed by atoms with Gasteiger partial charge in [0.25, 0.3) is 0 Å². The highest BCUT2D eigenvalue weighted by Gasteiger charge is 2.30. The lowest BCUT2D eigenvalue weighted by Gasteiger charge is -2.29. The minimum Gasteiger partial charge on any atom is -0.367 e. The van der Waals surface area contributed by atoms with Gasteiger partial charge in [-0.2, -0.15) is 13.2 Å². The van der Waals surface area contributed by atoms with Crippen LogP contribution in [0.5, 0.6) is 0 Å². The first kappa shape index (κ1) is 16.7. The van der Waals surface area contributed by atoms with Crippen LogP contribution in [0.1, 0.15) is 17.5 Å². The molecule has 0 aromatic heterocycles. The van der Waals surface area contributed by atoms with Gasteiger partial charge in [-0.3, -0.25) is 0 Å². The van der Waals surface area contributed by atoms with Crippen LogP contribution in [-0.4, -0.2) is 13.1 Å². The van der Waals surface area contributed by atoms with Crippen LogP contribution >= 0.6 is 0 Å². The molecule has 0 fully saturated rings. The summed E-state index contributed by atoms with van der Waals surface area (Å²) in [5.74, 6) is 0. The number of nitrogens with zero attached hydrogens (tertiary/aromatic N) is 1. The molecule has 3 aromatic rings. The minimum absolute atomic E-state index is 0.590. The van der Waals surface area contributed by atoms with Gasteiger partial charge < -0.3 is 4.90 Å². The summed E-state index contributed by atoms with van der Waals surface area (Å²) in [6.45, 7) is 1.49. The SMILES string of the molecule is FC(F)(F)c1cccc(C2=CCN(c3ccc4ccccc4c3)CC2)c1. The molecule has 3 aromatic carbocycles. The van der Waals surface area contributed by atoms with Crippen LogP contribution in [0.15, 0.2) is 72.8 Å². The van der Waals surface area contributed by atoms with E-state index in [1.54, 1.807) is 6.07 Å². The molecule has 0 N–H and O–H groups in total. The fourth-order valence-corrected chi connectivity index (χ4v) is 3.43. The maximum absolute atomic E-state index is 12.9. The Morgan fingerprint density at radius 1 is 0.808 bits per heavy atom. The first-order valence-corrected chi connectivity index (χ1v) is 8.61. The van der Waals surface area contributed by atoms with Gasteiger partial charge in [-0.05, 0) is 52.6 Å². The van der Waals surface area contributed by atoms with Gasteiger partial charge in [0.15, 0.2) is 0 Å². The lowest BCUT2D eigenvalue weighted by atomic mass is 9.97. The van der Waals surface area contributed by atoms with E-state index in [1.807, 2.05) is 18.2 Å². The normalized spacial score (nSPS) is 15.2. The largest absolute Gasteiger partial charge is 0.416 e. The molecular weight excluding hydrogens is 335 g/mol. The van der Waals surface area contributed by atoms with Crippen LogP contribution in [0.3, 0.4) is 0 Å². The number of rotatable bonds is 2. The molecule has 0 saturated heterocycles. The van der Waals surface area contributed by atoms with Crippen molar-refractivity contribution in [2.45, 2.75) is 12.6 Å². The van der Waals surface area contributed by atoms with Gasteiger partial charge in [-0.15, -0.1) is 0 Å². The molecule has 4 heteroatoms. The van der Waals surface area contributed by atoms with E-state index in [0.29, 0.717) is 12.1 Å². The Balaban J connectivity index is 1.56. The van der Waals surface area contributed by atoms with Crippen LogP contribution in [0.2, 0.25) is 0 Å². The number of hydrogen-bond donors (Lipinski definition) is 0. The van der Waals surface area contributed by atoms with E-state index in [4.69, 9.17) is 0 Å². The fraction of sp³-hybridized carbons (Fsp3) is 0.182. The second-order valence-corrected chi connectivity index (χ2v) is 6.54. The van der Waals surface area contributed by atoms with Crippen molar-refractivity contribution >= 4 is 22.0 Å². The summed E-state index contributed by atoms with van der Waals surface area (Å²) in [5, 5.41) is 2.39. The zero-order valence-corrected chi connectivity index (χ0v) is 14.1. The molecule has 0 saturated carbocycles. The van der Waals surface area contributed by atoms with Crippen LogP contribution < -0.4 is 4.90 Å². The highest BCUT2D eigenvalue weighted by atomic mass is 19.4. The summed E-state index contributed by atoms with van der Waals surface area (Å²) in [7, 11) is 0. The number of benzene rings is 3. The van der Waals surface area contributed by atoms with Crippen molar-refractivity contribution in [1.82, 2.24) is 0 Å². The van der Waals surface area contributed by atoms with Crippen molar-refractivity contribution in [3.63, 3.8) is 0 Å². The predicted molar refractivity (Wildman–Crippen MR) is 100 cm³/mol. The van der Waals surface area contributed by atoms with Gasteiger partial charge in [-0.25, -0.2) is 0 Å². The second-order valence-electron chi connectivity index (χ2n) is 6.54. The Kier molecular flexibility index (Phi) is 4.19. The van der Waals surface area contributed by atoms with Crippen molar-refractivity contribution in [3.8, 4) is 0 Å². The van der Waals surface area contributed by atoms with E-state index in [0.717, 1.165) is 30.3 Å². The molecule has 0 spiro atoms. The van der Waals surface area contributed by atoms with Gasteiger partial charge in [0.05, 0.1) is 5.56 Å². The molecule has 0 aliphatic carbocycles. The second kappa shape index (κ2) is 6.52. The molecule has 1 aliphatic rings.